The maximum Gasteiger partial charge on any atom is 0.255 e. The lowest BCUT2D eigenvalue weighted by Gasteiger charge is -2.34. The Hall–Kier alpha value is -1.70. The Morgan fingerprint density at radius 2 is 2.31 bits per heavy atom. The first-order chi connectivity index (χ1) is 12.6. The van der Waals surface area contributed by atoms with Gasteiger partial charge in [-0.25, -0.2) is 4.39 Å². The van der Waals surface area contributed by atoms with Crippen LogP contribution in [-0.4, -0.2) is 62.0 Å². The van der Waals surface area contributed by atoms with Crippen molar-refractivity contribution in [1.82, 2.24) is 15.5 Å². The molecule has 142 valence electrons. The highest BCUT2D eigenvalue weighted by Crippen LogP contribution is 2.33. The molecule has 1 amide bonds. The Kier molecular flexibility index (Phi) is 4.86. The molecule has 2 unspecified atom stereocenters. The normalized spacial score (nSPS) is 32.0. The molecule has 1 spiro atoms. The van der Waals surface area contributed by atoms with Crippen LogP contribution >= 0.6 is 0 Å². The number of nitrogens with zero attached hydrogens (tertiary/aromatic N) is 1. The third kappa shape index (κ3) is 3.56. The van der Waals surface area contributed by atoms with Gasteiger partial charge in [0, 0.05) is 39.2 Å². The third-order valence-electron chi connectivity index (χ3n) is 5.68. The van der Waals surface area contributed by atoms with Crippen molar-refractivity contribution in [3.8, 4) is 5.75 Å². The summed E-state index contributed by atoms with van der Waals surface area (Å²) in [5.74, 6) is -0.229. The summed E-state index contributed by atoms with van der Waals surface area (Å²) in [6.07, 6.45) is 4.34. The molecular weight excluding hydrogens is 337 g/mol. The fraction of sp³-hybridized carbons (Fsp3) is 0.632. The summed E-state index contributed by atoms with van der Waals surface area (Å²) in [5, 5.41) is 6.45. The van der Waals surface area contributed by atoms with E-state index in [1.165, 1.54) is 18.6 Å². The van der Waals surface area contributed by atoms with Gasteiger partial charge in [0.05, 0.1) is 12.1 Å². The van der Waals surface area contributed by atoms with Gasteiger partial charge in [-0.1, -0.05) is 0 Å². The van der Waals surface area contributed by atoms with Gasteiger partial charge in [-0.15, -0.1) is 0 Å². The number of hydrogen-bond acceptors (Lipinski definition) is 5. The number of rotatable bonds is 3. The van der Waals surface area contributed by atoms with Gasteiger partial charge >= 0.3 is 0 Å². The highest BCUT2D eigenvalue weighted by atomic mass is 19.1. The highest BCUT2D eigenvalue weighted by Gasteiger charge is 2.43. The van der Waals surface area contributed by atoms with Crippen molar-refractivity contribution in [2.24, 2.45) is 0 Å². The van der Waals surface area contributed by atoms with E-state index in [0.717, 1.165) is 38.9 Å². The first kappa shape index (κ1) is 17.7. The standard InChI is InChI=1S/C19H26FN3O3/c1-25-17-4-2-3-14(22-17)10-23-8-7-19(12-23)11-21-18(24)15-9-13(20)5-6-16(15)26-19/h5-6,9,14,17,22H,2-4,7-8,10-12H2,1H3,(H,21,24)/t14?,17?,19-/m1/s1. The average Bonchev–Trinajstić information content (AvgIpc) is 2.98. The topological polar surface area (TPSA) is 62.8 Å². The number of halogens is 1. The fourth-order valence-electron chi connectivity index (χ4n) is 4.31. The van der Waals surface area contributed by atoms with Crippen LogP contribution in [0.1, 0.15) is 36.0 Å². The molecule has 0 bridgehead atoms. The first-order valence-electron chi connectivity index (χ1n) is 9.35. The predicted octanol–water partition coefficient (Wildman–Crippen LogP) is 1.51. The zero-order valence-corrected chi connectivity index (χ0v) is 15.1. The molecule has 0 aliphatic carbocycles. The van der Waals surface area contributed by atoms with Crippen LogP contribution in [0.3, 0.4) is 0 Å². The Bertz CT molecular complexity index is 686. The van der Waals surface area contributed by atoms with Crippen molar-refractivity contribution in [2.75, 3.05) is 33.3 Å². The Labute approximate surface area is 153 Å². The van der Waals surface area contributed by atoms with Gasteiger partial charge in [-0.2, -0.15) is 0 Å². The largest absolute Gasteiger partial charge is 0.483 e. The van der Waals surface area contributed by atoms with E-state index in [0.29, 0.717) is 18.3 Å². The van der Waals surface area contributed by atoms with E-state index < -0.39 is 11.4 Å². The predicted molar refractivity (Wildman–Crippen MR) is 94.7 cm³/mol. The Balaban J connectivity index is 1.44. The smallest absolute Gasteiger partial charge is 0.255 e. The second kappa shape index (κ2) is 7.13. The number of benzene rings is 1. The van der Waals surface area contributed by atoms with Crippen LogP contribution in [0.5, 0.6) is 5.75 Å². The van der Waals surface area contributed by atoms with Crippen LogP contribution in [0.15, 0.2) is 18.2 Å². The summed E-state index contributed by atoms with van der Waals surface area (Å²) in [6, 6.07) is 4.55. The molecule has 4 rings (SSSR count). The number of ether oxygens (including phenoxy) is 2. The molecule has 0 radical (unpaired) electrons. The van der Waals surface area contributed by atoms with Gasteiger partial charge in [-0.3, -0.25) is 15.0 Å². The summed E-state index contributed by atoms with van der Waals surface area (Å²) in [7, 11) is 1.74. The Morgan fingerprint density at radius 1 is 1.42 bits per heavy atom. The molecule has 1 aromatic rings. The molecule has 3 atom stereocenters. The van der Waals surface area contributed by atoms with Gasteiger partial charge in [0.15, 0.2) is 0 Å². The van der Waals surface area contributed by atoms with Gasteiger partial charge in [0.25, 0.3) is 5.91 Å². The highest BCUT2D eigenvalue weighted by molar-refractivity contribution is 5.97. The molecule has 7 heteroatoms. The summed E-state index contributed by atoms with van der Waals surface area (Å²) in [4.78, 5) is 14.7. The van der Waals surface area contributed by atoms with Crippen molar-refractivity contribution in [3.05, 3.63) is 29.6 Å². The molecule has 3 aliphatic rings. The van der Waals surface area contributed by atoms with E-state index in [4.69, 9.17) is 9.47 Å². The fourth-order valence-corrected chi connectivity index (χ4v) is 4.31. The minimum atomic E-state index is -0.450. The maximum absolute atomic E-state index is 13.5. The number of likely N-dealkylation sites (tertiary alicyclic amines) is 1. The maximum atomic E-state index is 13.5. The molecule has 6 nitrogen and oxygen atoms in total. The van der Waals surface area contributed by atoms with Crippen LogP contribution in [0.2, 0.25) is 0 Å². The molecule has 3 heterocycles. The van der Waals surface area contributed by atoms with Crippen molar-refractivity contribution < 1.29 is 18.7 Å². The molecule has 2 saturated heterocycles. The van der Waals surface area contributed by atoms with Crippen LogP contribution in [0.4, 0.5) is 4.39 Å². The quantitative estimate of drug-likeness (QED) is 0.852. The van der Waals surface area contributed by atoms with Gasteiger partial charge in [-0.05, 0) is 37.5 Å². The van der Waals surface area contributed by atoms with Gasteiger partial charge in [0.2, 0.25) is 0 Å². The number of hydrogen-bond donors (Lipinski definition) is 2. The number of piperidine rings is 1. The number of methoxy groups -OCH3 is 1. The van der Waals surface area contributed by atoms with Crippen molar-refractivity contribution in [2.45, 2.75) is 43.6 Å². The zero-order chi connectivity index (χ0) is 18.1. The van der Waals surface area contributed by atoms with Crippen molar-refractivity contribution >= 4 is 5.91 Å². The van der Waals surface area contributed by atoms with E-state index in [1.54, 1.807) is 13.2 Å². The second-order valence-electron chi connectivity index (χ2n) is 7.61. The second-order valence-corrected chi connectivity index (χ2v) is 7.61. The molecule has 1 aromatic carbocycles. The first-order valence-corrected chi connectivity index (χ1v) is 9.35. The SMILES string of the molecule is COC1CCCC(CN2CC[C@@]3(CNC(=O)c4cc(F)ccc4O3)C2)N1. The minimum Gasteiger partial charge on any atom is -0.483 e. The van der Waals surface area contributed by atoms with Crippen molar-refractivity contribution in [3.63, 3.8) is 0 Å². The summed E-state index contributed by atoms with van der Waals surface area (Å²) >= 11 is 0. The average molecular weight is 363 g/mol. The van der Waals surface area contributed by atoms with Crippen LogP contribution < -0.4 is 15.4 Å². The molecule has 0 saturated carbocycles. The molecule has 26 heavy (non-hydrogen) atoms. The van der Waals surface area contributed by atoms with Gasteiger partial charge in [0.1, 0.15) is 23.4 Å². The summed E-state index contributed by atoms with van der Waals surface area (Å²) in [5.41, 5.74) is -0.175. The van der Waals surface area contributed by atoms with E-state index in [-0.39, 0.29) is 17.7 Å². The number of amides is 1. The third-order valence-corrected chi connectivity index (χ3v) is 5.68. The lowest BCUT2D eigenvalue weighted by molar-refractivity contribution is 0.0282. The minimum absolute atomic E-state index is 0.139. The molecule has 3 aliphatic heterocycles. The van der Waals surface area contributed by atoms with E-state index in [2.05, 4.69) is 15.5 Å². The summed E-state index contributed by atoms with van der Waals surface area (Å²) < 4.78 is 25.2. The van der Waals surface area contributed by atoms with Crippen LogP contribution in [-0.2, 0) is 4.74 Å². The molecule has 2 fully saturated rings. The number of nitrogens with one attached hydrogen (secondary N) is 2. The monoisotopic (exact) mass is 363 g/mol. The van der Waals surface area contributed by atoms with Crippen LogP contribution in [0, 0.1) is 5.82 Å². The summed E-state index contributed by atoms with van der Waals surface area (Å²) in [6.45, 7) is 3.05. The lowest BCUT2D eigenvalue weighted by Crippen LogP contribution is -2.51. The van der Waals surface area contributed by atoms with Crippen molar-refractivity contribution in [1.29, 1.82) is 0 Å². The van der Waals surface area contributed by atoms with E-state index >= 15 is 0 Å². The van der Waals surface area contributed by atoms with E-state index in [9.17, 15) is 9.18 Å². The molecular formula is C19H26FN3O3. The zero-order valence-electron chi connectivity index (χ0n) is 15.1. The van der Waals surface area contributed by atoms with Crippen LogP contribution in [0.25, 0.3) is 0 Å². The molecule has 0 aromatic heterocycles. The lowest BCUT2D eigenvalue weighted by atomic mass is 10.0. The number of fused-ring (bicyclic) bond motifs is 1. The Morgan fingerprint density at radius 3 is 3.15 bits per heavy atom. The number of carbonyl (C=O) groups is 1. The molecule has 2 N–H and O–H groups in total. The van der Waals surface area contributed by atoms with E-state index in [1.807, 2.05) is 0 Å². The van der Waals surface area contributed by atoms with Gasteiger partial charge < -0.3 is 14.8 Å². The number of carbonyl (C=O) groups excluding carboxylic acids is 1.